The Labute approximate surface area is 160 Å². The molecule has 0 amide bonds. The normalized spacial score (nSPS) is 22.6. The highest BCUT2D eigenvalue weighted by molar-refractivity contribution is 5.49. The average Bonchev–Trinajstić information content (AvgIpc) is 3.17. The SMILES string of the molecule is Cc1cccc(-n2nnnc2C2(Nc3ccccc3)CCC(C)CC2)c1C. The van der Waals surface area contributed by atoms with Crippen molar-refractivity contribution in [3.63, 3.8) is 0 Å². The van der Waals surface area contributed by atoms with Crippen molar-refractivity contribution in [3.05, 3.63) is 65.5 Å². The molecule has 27 heavy (non-hydrogen) atoms. The summed E-state index contributed by atoms with van der Waals surface area (Å²) in [6.45, 7) is 6.60. The summed E-state index contributed by atoms with van der Waals surface area (Å²) in [6, 6.07) is 16.7. The lowest BCUT2D eigenvalue weighted by Crippen LogP contribution is -2.41. The monoisotopic (exact) mass is 361 g/mol. The molecule has 0 bridgehead atoms. The minimum atomic E-state index is -0.256. The van der Waals surface area contributed by atoms with Crippen LogP contribution in [-0.4, -0.2) is 20.2 Å². The van der Waals surface area contributed by atoms with E-state index in [4.69, 9.17) is 0 Å². The van der Waals surface area contributed by atoms with Gasteiger partial charge in [-0.2, -0.15) is 4.68 Å². The Morgan fingerprint density at radius 2 is 1.74 bits per heavy atom. The molecule has 3 aromatic rings. The van der Waals surface area contributed by atoms with Crippen molar-refractivity contribution in [1.82, 2.24) is 20.2 Å². The molecule has 0 atom stereocenters. The Kier molecular flexibility index (Phi) is 4.68. The van der Waals surface area contributed by atoms with E-state index in [1.807, 2.05) is 10.7 Å². The fourth-order valence-electron chi connectivity index (χ4n) is 4.07. The molecule has 0 aliphatic heterocycles. The molecule has 0 unspecified atom stereocenters. The number of anilines is 1. The van der Waals surface area contributed by atoms with Gasteiger partial charge in [0, 0.05) is 5.69 Å². The van der Waals surface area contributed by atoms with Crippen LogP contribution in [0.5, 0.6) is 0 Å². The summed E-state index contributed by atoms with van der Waals surface area (Å²) in [4.78, 5) is 0. The molecular formula is C22H27N5. The van der Waals surface area contributed by atoms with Gasteiger partial charge in [0.1, 0.15) is 0 Å². The molecule has 1 heterocycles. The quantitative estimate of drug-likeness (QED) is 0.725. The van der Waals surface area contributed by atoms with E-state index in [2.05, 4.69) is 84.1 Å². The van der Waals surface area contributed by atoms with Crippen molar-refractivity contribution in [2.24, 2.45) is 5.92 Å². The highest BCUT2D eigenvalue weighted by Gasteiger charge is 2.41. The lowest BCUT2D eigenvalue weighted by Gasteiger charge is -2.39. The molecule has 1 aromatic heterocycles. The van der Waals surface area contributed by atoms with Gasteiger partial charge in [-0.15, -0.1) is 5.10 Å². The van der Waals surface area contributed by atoms with E-state index >= 15 is 0 Å². The number of benzene rings is 2. The van der Waals surface area contributed by atoms with Crippen LogP contribution in [-0.2, 0) is 5.54 Å². The summed E-state index contributed by atoms with van der Waals surface area (Å²) in [5.74, 6) is 1.65. The molecule has 1 saturated carbocycles. The summed E-state index contributed by atoms with van der Waals surface area (Å²) in [7, 11) is 0. The lowest BCUT2D eigenvalue weighted by atomic mass is 9.76. The molecule has 1 fully saturated rings. The fraction of sp³-hybridized carbons (Fsp3) is 0.409. The minimum absolute atomic E-state index is 0.256. The van der Waals surface area contributed by atoms with Crippen LogP contribution >= 0.6 is 0 Å². The first-order valence-corrected chi connectivity index (χ1v) is 9.78. The molecule has 0 spiro atoms. The molecule has 1 aliphatic rings. The van der Waals surface area contributed by atoms with Crippen LogP contribution in [0.3, 0.4) is 0 Å². The minimum Gasteiger partial charge on any atom is -0.373 e. The van der Waals surface area contributed by atoms with Gasteiger partial charge in [-0.25, -0.2) is 0 Å². The molecule has 0 radical (unpaired) electrons. The van der Waals surface area contributed by atoms with Crippen molar-refractivity contribution in [3.8, 4) is 5.69 Å². The van der Waals surface area contributed by atoms with Crippen LogP contribution in [0.4, 0.5) is 5.69 Å². The second-order valence-electron chi connectivity index (χ2n) is 7.89. The Morgan fingerprint density at radius 3 is 2.48 bits per heavy atom. The van der Waals surface area contributed by atoms with Crippen LogP contribution in [0, 0.1) is 19.8 Å². The number of nitrogens with one attached hydrogen (secondary N) is 1. The predicted octanol–water partition coefficient (Wildman–Crippen LogP) is 4.80. The van der Waals surface area contributed by atoms with Crippen LogP contribution in [0.25, 0.3) is 5.69 Å². The first-order valence-electron chi connectivity index (χ1n) is 9.78. The molecular weight excluding hydrogens is 334 g/mol. The van der Waals surface area contributed by atoms with E-state index < -0.39 is 0 Å². The van der Waals surface area contributed by atoms with Gasteiger partial charge in [0.15, 0.2) is 5.82 Å². The molecule has 1 aliphatic carbocycles. The third kappa shape index (κ3) is 3.34. The molecule has 140 valence electrons. The van der Waals surface area contributed by atoms with E-state index in [9.17, 15) is 0 Å². The number of hydrogen-bond acceptors (Lipinski definition) is 4. The number of aromatic nitrogens is 4. The van der Waals surface area contributed by atoms with Gasteiger partial charge in [-0.3, -0.25) is 0 Å². The van der Waals surface area contributed by atoms with Gasteiger partial charge >= 0.3 is 0 Å². The molecule has 5 heteroatoms. The molecule has 1 N–H and O–H groups in total. The maximum Gasteiger partial charge on any atom is 0.181 e. The van der Waals surface area contributed by atoms with Gasteiger partial charge in [0.05, 0.1) is 11.2 Å². The zero-order valence-electron chi connectivity index (χ0n) is 16.3. The molecule has 5 nitrogen and oxygen atoms in total. The van der Waals surface area contributed by atoms with Gasteiger partial charge in [-0.1, -0.05) is 37.3 Å². The van der Waals surface area contributed by atoms with Crippen LogP contribution < -0.4 is 5.32 Å². The number of tetrazole rings is 1. The zero-order chi connectivity index (χ0) is 18.9. The molecule has 4 rings (SSSR count). The summed E-state index contributed by atoms with van der Waals surface area (Å²) < 4.78 is 1.94. The van der Waals surface area contributed by atoms with Crippen molar-refractivity contribution in [1.29, 1.82) is 0 Å². The first kappa shape index (κ1) is 17.7. The van der Waals surface area contributed by atoms with Gasteiger partial charge in [-0.05, 0) is 85.2 Å². The second kappa shape index (κ2) is 7.14. The third-order valence-corrected chi connectivity index (χ3v) is 5.99. The number of rotatable bonds is 4. The number of hydrogen-bond donors (Lipinski definition) is 1. The third-order valence-electron chi connectivity index (χ3n) is 5.99. The topological polar surface area (TPSA) is 55.6 Å². The lowest BCUT2D eigenvalue weighted by molar-refractivity contribution is 0.255. The largest absolute Gasteiger partial charge is 0.373 e. The van der Waals surface area contributed by atoms with E-state index in [1.54, 1.807) is 0 Å². The van der Waals surface area contributed by atoms with E-state index in [0.717, 1.165) is 36.0 Å². The van der Waals surface area contributed by atoms with E-state index in [0.29, 0.717) is 0 Å². The number of aryl methyl sites for hydroxylation is 1. The Bertz CT molecular complexity index is 907. The van der Waals surface area contributed by atoms with Crippen molar-refractivity contribution in [2.45, 2.75) is 52.0 Å². The average molecular weight is 361 g/mol. The summed E-state index contributed by atoms with van der Waals surface area (Å²) in [5.41, 5.74) is 4.37. The summed E-state index contributed by atoms with van der Waals surface area (Å²) in [6.07, 6.45) is 4.38. The van der Waals surface area contributed by atoms with Gasteiger partial charge in [0.2, 0.25) is 0 Å². The summed E-state index contributed by atoms with van der Waals surface area (Å²) in [5, 5.41) is 16.8. The van der Waals surface area contributed by atoms with Crippen molar-refractivity contribution >= 4 is 5.69 Å². The van der Waals surface area contributed by atoms with E-state index in [-0.39, 0.29) is 5.54 Å². The Hall–Kier alpha value is -2.69. The first-order chi connectivity index (χ1) is 13.1. The van der Waals surface area contributed by atoms with Crippen LogP contribution in [0.2, 0.25) is 0 Å². The van der Waals surface area contributed by atoms with Gasteiger partial charge in [0.25, 0.3) is 0 Å². The Morgan fingerprint density at radius 1 is 1.00 bits per heavy atom. The zero-order valence-corrected chi connectivity index (χ0v) is 16.3. The highest BCUT2D eigenvalue weighted by atomic mass is 15.6. The smallest absolute Gasteiger partial charge is 0.181 e. The van der Waals surface area contributed by atoms with Crippen molar-refractivity contribution in [2.75, 3.05) is 5.32 Å². The van der Waals surface area contributed by atoms with Crippen LogP contribution in [0.1, 0.15) is 49.6 Å². The maximum atomic E-state index is 4.52. The predicted molar refractivity (Wildman–Crippen MR) is 108 cm³/mol. The van der Waals surface area contributed by atoms with Crippen LogP contribution in [0.15, 0.2) is 48.5 Å². The summed E-state index contributed by atoms with van der Waals surface area (Å²) >= 11 is 0. The fourth-order valence-corrected chi connectivity index (χ4v) is 4.07. The maximum absolute atomic E-state index is 4.52. The molecule has 2 aromatic carbocycles. The molecule has 0 saturated heterocycles. The second-order valence-corrected chi connectivity index (χ2v) is 7.89. The highest BCUT2D eigenvalue weighted by Crippen LogP contribution is 2.41. The van der Waals surface area contributed by atoms with E-state index in [1.165, 1.54) is 24.0 Å². The standard InChI is InChI=1S/C22H27N5/c1-16-12-14-22(15-13-16,23-19-9-5-4-6-10-19)21-24-25-26-27(21)20-11-7-8-17(2)18(20)3/h4-11,16,23H,12-15H2,1-3H3. The Balaban J connectivity index is 1.80. The number of para-hydroxylation sites is 1. The van der Waals surface area contributed by atoms with Crippen molar-refractivity contribution < 1.29 is 0 Å². The number of nitrogens with zero attached hydrogens (tertiary/aromatic N) is 4. The van der Waals surface area contributed by atoms with Gasteiger partial charge < -0.3 is 5.32 Å².